The first-order chi connectivity index (χ1) is 7.26. The number of alkyl carbamates (subject to hydrolysis) is 1. The molecule has 0 fully saturated rings. The fraction of sp³-hybridized carbons (Fsp3) is 0.800. The van der Waals surface area contributed by atoms with Crippen LogP contribution in [0, 0.1) is 0 Å². The molecular formula is C10H21N3O3. The molecule has 0 unspecified atom stereocenters. The molecule has 16 heavy (non-hydrogen) atoms. The second-order valence-electron chi connectivity index (χ2n) is 4.53. The average molecular weight is 231 g/mol. The van der Waals surface area contributed by atoms with E-state index in [0.29, 0.717) is 19.4 Å². The summed E-state index contributed by atoms with van der Waals surface area (Å²) >= 11 is 0. The lowest BCUT2D eigenvalue weighted by Gasteiger charge is -2.20. The van der Waals surface area contributed by atoms with Crippen molar-refractivity contribution in [1.82, 2.24) is 5.32 Å². The lowest BCUT2D eigenvalue weighted by molar-refractivity contribution is -0.122. The number of carbonyl (C=O) groups is 2. The fourth-order valence-electron chi connectivity index (χ4n) is 0.966. The first kappa shape index (κ1) is 14.9. The van der Waals surface area contributed by atoms with E-state index in [1.54, 1.807) is 20.8 Å². The van der Waals surface area contributed by atoms with Crippen molar-refractivity contribution in [2.24, 2.45) is 11.5 Å². The van der Waals surface area contributed by atoms with E-state index in [9.17, 15) is 9.59 Å². The molecule has 2 amide bonds. The Morgan fingerprint density at radius 3 is 2.38 bits per heavy atom. The van der Waals surface area contributed by atoms with Crippen LogP contribution in [0.4, 0.5) is 4.79 Å². The van der Waals surface area contributed by atoms with Crippen LogP contribution in [-0.4, -0.2) is 30.2 Å². The Morgan fingerprint density at radius 2 is 1.94 bits per heavy atom. The van der Waals surface area contributed by atoms with Crippen LogP contribution in [0.15, 0.2) is 0 Å². The maximum Gasteiger partial charge on any atom is 0.414 e. The Kier molecular flexibility index (Phi) is 5.98. The fourth-order valence-corrected chi connectivity index (χ4v) is 0.966. The summed E-state index contributed by atoms with van der Waals surface area (Å²) in [6.07, 6.45) is 0.314. The molecule has 5 N–H and O–H groups in total. The van der Waals surface area contributed by atoms with Gasteiger partial charge in [0.25, 0.3) is 0 Å². The van der Waals surface area contributed by atoms with Crippen LogP contribution in [0.25, 0.3) is 0 Å². The highest BCUT2D eigenvalue weighted by atomic mass is 16.6. The van der Waals surface area contributed by atoms with Gasteiger partial charge in [-0.3, -0.25) is 10.1 Å². The monoisotopic (exact) mass is 231 g/mol. The number of amides is 2. The lowest BCUT2D eigenvalue weighted by atomic mass is 10.1. The van der Waals surface area contributed by atoms with Crippen molar-refractivity contribution in [3.63, 3.8) is 0 Å². The van der Waals surface area contributed by atoms with Gasteiger partial charge in [-0.2, -0.15) is 0 Å². The van der Waals surface area contributed by atoms with Gasteiger partial charge < -0.3 is 16.2 Å². The third kappa shape index (κ3) is 7.19. The summed E-state index contributed by atoms with van der Waals surface area (Å²) in [4.78, 5) is 22.6. The van der Waals surface area contributed by atoms with Crippen LogP contribution >= 0.6 is 0 Å². The molecule has 0 rings (SSSR count). The molecule has 1 atom stereocenters. The Bertz CT molecular complexity index is 248. The number of imide groups is 1. The predicted molar refractivity (Wildman–Crippen MR) is 60.6 cm³/mol. The Hall–Kier alpha value is -1.14. The van der Waals surface area contributed by atoms with Crippen LogP contribution in [0.3, 0.4) is 0 Å². The highest BCUT2D eigenvalue weighted by molar-refractivity contribution is 5.94. The Balaban J connectivity index is 3.99. The van der Waals surface area contributed by atoms with E-state index in [2.05, 4.69) is 5.32 Å². The van der Waals surface area contributed by atoms with Gasteiger partial charge in [-0.25, -0.2) is 4.79 Å². The smallest absolute Gasteiger partial charge is 0.414 e. The predicted octanol–water partition coefficient (Wildman–Crippen LogP) is 0.104. The van der Waals surface area contributed by atoms with Crippen LogP contribution in [0.1, 0.15) is 33.6 Å². The molecule has 0 heterocycles. The van der Waals surface area contributed by atoms with Crippen molar-refractivity contribution in [2.75, 3.05) is 6.54 Å². The van der Waals surface area contributed by atoms with Crippen molar-refractivity contribution in [3.8, 4) is 0 Å². The molecule has 0 saturated carbocycles. The molecule has 0 bridgehead atoms. The second kappa shape index (κ2) is 6.44. The summed E-state index contributed by atoms with van der Waals surface area (Å²) in [6.45, 7) is 5.61. The van der Waals surface area contributed by atoms with E-state index < -0.39 is 23.6 Å². The van der Waals surface area contributed by atoms with Crippen molar-refractivity contribution in [3.05, 3.63) is 0 Å². The van der Waals surface area contributed by atoms with Crippen LogP contribution in [0.2, 0.25) is 0 Å². The van der Waals surface area contributed by atoms with Crippen LogP contribution < -0.4 is 16.8 Å². The molecular weight excluding hydrogens is 210 g/mol. The molecule has 0 spiro atoms. The van der Waals surface area contributed by atoms with Gasteiger partial charge >= 0.3 is 6.09 Å². The summed E-state index contributed by atoms with van der Waals surface area (Å²) in [6, 6.07) is -0.726. The zero-order valence-electron chi connectivity index (χ0n) is 10.1. The number of rotatable bonds is 4. The highest BCUT2D eigenvalue weighted by Crippen LogP contribution is 2.06. The topological polar surface area (TPSA) is 107 Å². The van der Waals surface area contributed by atoms with E-state index in [4.69, 9.17) is 16.2 Å². The van der Waals surface area contributed by atoms with Crippen LogP contribution in [0.5, 0.6) is 0 Å². The SMILES string of the molecule is CC(C)(C)OC(=O)NC(=O)[C@@H](N)CCCN. The summed E-state index contributed by atoms with van der Waals surface area (Å²) < 4.78 is 4.91. The van der Waals surface area contributed by atoms with Gasteiger partial charge in [-0.1, -0.05) is 0 Å². The van der Waals surface area contributed by atoms with E-state index in [1.807, 2.05) is 0 Å². The molecule has 0 aromatic carbocycles. The number of ether oxygens (including phenoxy) is 1. The van der Waals surface area contributed by atoms with Gasteiger partial charge in [0, 0.05) is 0 Å². The van der Waals surface area contributed by atoms with Gasteiger partial charge in [0.05, 0.1) is 6.04 Å². The van der Waals surface area contributed by atoms with Crippen molar-refractivity contribution in [2.45, 2.75) is 45.3 Å². The summed E-state index contributed by atoms with van der Waals surface area (Å²) in [5.41, 5.74) is 10.2. The van der Waals surface area contributed by atoms with Crippen molar-refractivity contribution in [1.29, 1.82) is 0 Å². The van der Waals surface area contributed by atoms with Gasteiger partial charge in [0.1, 0.15) is 5.60 Å². The molecule has 0 aliphatic carbocycles. The standard InChI is InChI=1S/C10H21N3O3/c1-10(2,3)16-9(15)13-8(14)7(12)5-4-6-11/h7H,4-6,11-12H2,1-3H3,(H,13,14,15)/t7-/m0/s1. The molecule has 0 radical (unpaired) electrons. The lowest BCUT2D eigenvalue weighted by Crippen LogP contribution is -2.45. The minimum absolute atomic E-state index is 0.450. The minimum atomic E-state index is -0.777. The normalized spacial score (nSPS) is 13.1. The maximum atomic E-state index is 11.4. The number of hydrogen-bond acceptors (Lipinski definition) is 5. The number of nitrogens with two attached hydrogens (primary N) is 2. The van der Waals surface area contributed by atoms with Gasteiger partial charge in [-0.05, 0) is 40.2 Å². The summed E-state index contributed by atoms with van der Waals surface area (Å²) in [7, 11) is 0. The first-order valence-corrected chi connectivity index (χ1v) is 5.26. The van der Waals surface area contributed by atoms with Gasteiger partial charge in [0.15, 0.2) is 0 Å². The third-order valence-electron chi connectivity index (χ3n) is 1.68. The molecule has 6 nitrogen and oxygen atoms in total. The molecule has 0 aliphatic heterocycles. The highest BCUT2D eigenvalue weighted by Gasteiger charge is 2.20. The summed E-state index contributed by atoms with van der Waals surface area (Å²) in [5.74, 6) is -0.539. The first-order valence-electron chi connectivity index (χ1n) is 5.26. The average Bonchev–Trinajstić information content (AvgIpc) is 2.10. The molecule has 94 valence electrons. The molecule has 0 saturated heterocycles. The Morgan fingerprint density at radius 1 is 1.38 bits per heavy atom. The van der Waals surface area contributed by atoms with Gasteiger partial charge in [0.2, 0.25) is 5.91 Å². The Labute approximate surface area is 95.7 Å². The number of nitrogens with one attached hydrogen (secondary N) is 1. The van der Waals surface area contributed by atoms with E-state index in [0.717, 1.165) is 0 Å². The zero-order chi connectivity index (χ0) is 12.8. The molecule has 0 aromatic heterocycles. The largest absolute Gasteiger partial charge is 0.444 e. The number of carbonyl (C=O) groups excluding carboxylic acids is 2. The minimum Gasteiger partial charge on any atom is -0.444 e. The number of hydrogen-bond donors (Lipinski definition) is 3. The van der Waals surface area contributed by atoms with Crippen molar-refractivity contribution >= 4 is 12.0 Å². The van der Waals surface area contributed by atoms with E-state index >= 15 is 0 Å². The third-order valence-corrected chi connectivity index (χ3v) is 1.68. The second-order valence-corrected chi connectivity index (χ2v) is 4.53. The molecule has 0 aromatic rings. The quantitative estimate of drug-likeness (QED) is 0.636. The van der Waals surface area contributed by atoms with Gasteiger partial charge in [-0.15, -0.1) is 0 Å². The van der Waals surface area contributed by atoms with E-state index in [-0.39, 0.29) is 0 Å². The van der Waals surface area contributed by atoms with E-state index in [1.165, 1.54) is 0 Å². The maximum absolute atomic E-state index is 11.4. The molecule has 6 heteroatoms. The molecule has 0 aliphatic rings. The summed E-state index contributed by atoms with van der Waals surface area (Å²) in [5, 5.41) is 2.08. The van der Waals surface area contributed by atoms with Crippen LogP contribution in [-0.2, 0) is 9.53 Å². The zero-order valence-corrected chi connectivity index (χ0v) is 10.1. The van der Waals surface area contributed by atoms with Crippen molar-refractivity contribution < 1.29 is 14.3 Å².